The standard InChI is InChI=1S/C25H24Cl2FN5O2.C22H22Cl2FN5O/c1-3-22(34)33-14-4-5-15(33)9-13(8-14)31-20-10-16-19(11-21(20)35-2)29-12-30-25(16)32-18-7-6-17(26)23(27)24(18)28;1-31-19-9-17-14(8-18(19)29-13-6-11-2-3-12(7-13)28-11)22(27-10-26-17)30-16-5-4-15(23)20(24)21(16)25/h3,6-7,10-15,31H,1,4-5,8-9H2,2H3,(H,29,30,32);4-5,8-13,28-29H,2-3,6-7H2,1H3,(H,26,27,30)/t13?,14-,15+;. The molecule has 66 heavy (non-hydrogen) atoms. The monoisotopic (exact) mass is 976 g/mol. The van der Waals surface area contributed by atoms with Crippen molar-refractivity contribution in [3.05, 3.63) is 106 Å². The number of halogens is 6. The molecule has 6 aromatic rings. The van der Waals surface area contributed by atoms with E-state index < -0.39 is 11.6 Å². The number of benzene rings is 4. The maximum atomic E-state index is 14.7. The van der Waals surface area contributed by atoms with E-state index in [-0.39, 0.29) is 55.5 Å². The molecule has 13 nitrogen and oxygen atoms in total. The number of anilines is 6. The van der Waals surface area contributed by atoms with E-state index in [1.54, 1.807) is 20.3 Å². The van der Waals surface area contributed by atoms with Crippen LogP contribution in [0.25, 0.3) is 21.8 Å². The second-order valence-electron chi connectivity index (χ2n) is 16.9. The van der Waals surface area contributed by atoms with E-state index in [0.29, 0.717) is 57.7 Å². The van der Waals surface area contributed by atoms with Crippen LogP contribution in [-0.2, 0) is 4.79 Å². The molecule has 10 rings (SSSR count). The van der Waals surface area contributed by atoms with Gasteiger partial charge in [0.15, 0.2) is 11.6 Å². The molecule has 0 saturated carbocycles. The Balaban J connectivity index is 0.000000167. The molecule has 4 fully saturated rings. The van der Waals surface area contributed by atoms with Crippen molar-refractivity contribution in [1.29, 1.82) is 0 Å². The van der Waals surface area contributed by atoms with Crippen LogP contribution in [0.2, 0.25) is 20.1 Å². The molecule has 4 saturated heterocycles. The zero-order valence-electron chi connectivity index (χ0n) is 35.9. The van der Waals surface area contributed by atoms with Crippen LogP contribution in [0.5, 0.6) is 11.5 Å². The van der Waals surface area contributed by atoms with Gasteiger partial charge in [-0.25, -0.2) is 28.7 Å². The van der Waals surface area contributed by atoms with Crippen LogP contribution in [0, 0.1) is 11.6 Å². The zero-order valence-corrected chi connectivity index (χ0v) is 38.9. The summed E-state index contributed by atoms with van der Waals surface area (Å²) in [7, 11) is 3.25. The maximum Gasteiger partial charge on any atom is 0.246 e. The minimum absolute atomic E-state index is 0.00151. The van der Waals surface area contributed by atoms with Crippen molar-refractivity contribution >= 4 is 109 Å². The lowest BCUT2D eigenvalue weighted by Crippen LogP contribution is -2.49. The molecule has 2 aromatic heterocycles. The molecule has 5 N–H and O–H groups in total. The molecular weight excluding hydrogens is 932 g/mol. The Hall–Kier alpha value is -5.45. The van der Waals surface area contributed by atoms with Gasteiger partial charge in [-0.3, -0.25) is 4.79 Å². The molecule has 19 heteroatoms. The van der Waals surface area contributed by atoms with Crippen molar-refractivity contribution in [3.8, 4) is 11.5 Å². The summed E-state index contributed by atoms with van der Waals surface area (Å²) in [6, 6.07) is 15.7. The van der Waals surface area contributed by atoms with Gasteiger partial charge in [0, 0.05) is 59.2 Å². The van der Waals surface area contributed by atoms with Gasteiger partial charge in [-0.2, -0.15) is 0 Å². The van der Waals surface area contributed by atoms with E-state index in [9.17, 15) is 13.6 Å². The van der Waals surface area contributed by atoms with E-state index in [1.165, 1.54) is 49.8 Å². The second-order valence-corrected chi connectivity index (χ2v) is 18.4. The average molecular weight is 979 g/mol. The number of carbonyl (C=O) groups is 1. The smallest absolute Gasteiger partial charge is 0.246 e. The SMILES string of the molecule is C=CC(=O)N1[C@@H]2CC[C@H]1CC(Nc1cc3c(Nc4ccc(Cl)c(Cl)c4F)ncnc3cc1OC)C2.COc1cc2ncnc(Nc3ccc(Cl)c(Cl)c3F)c2cc1NC1CC2CCC(C1)N2. The number of aromatic nitrogens is 4. The van der Waals surface area contributed by atoms with Crippen LogP contribution in [-0.4, -0.2) is 81.2 Å². The van der Waals surface area contributed by atoms with Crippen molar-refractivity contribution in [3.63, 3.8) is 0 Å². The van der Waals surface area contributed by atoms with Crippen LogP contribution in [0.1, 0.15) is 51.4 Å². The molecule has 1 amide bonds. The second kappa shape index (κ2) is 19.4. The summed E-state index contributed by atoms with van der Waals surface area (Å²) in [4.78, 5) is 31.6. The Bertz CT molecular complexity index is 2820. The molecule has 4 aromatic carbocycles. The zero-order chi connectivity index (χ0) is 46.2. The van der Waals surface area contributed by atoms with Gasteiger partial charge in [0.05, 0.1) is 68.1 Å². The van der Waals surface area contributed by atoms with Gasteiger partial charge in [0.2, 0.25) is 5.91 Å². The molecule has 0 radical (unpaired) electrons. The molecule has 4 aliphatic heterocycles. The highest BCUT2D eigenvalue weighted by atomic mass is 35.5. The normalized spacial score (nSPS) is 21.8. The summed E-state index contributed by atoms with van der Waals surface area (Å²) >= 11 is 23.7. The maximum absolute atomic E-state index is 14.7. The fourth-order valence-electron chi connectivity index (χ4n) is 9.81. The molecule has 4 aliphatic rings. The van der Waals surface area contributed by atoms with Crippen molar-refractivity contribution in [2.75, 3.05) is 35.5 Å². The molecule has 4 bridgehead atoms. The number of hydrogen-bond donors (Lipinski definition) is 5. The van der Waals surface area contributed by atoms with Gasteiger partial charge in [0.25, 0.3) is 0 Å². The summed E-state index contributed by atoms with van der Waals surface area (Å²) in [5.74, 6) is 0.958. The van der Waals surface area contributed by atoms with Gasteiger partial charge in [0.1, 0.15) is 35.8 Å². The lowest BCUT2D eigenvalue weighted by atomic mass is 9.96. The number of amides is 1. The Morgan fingerprint density at radius 2 is 1.14 bits per heavy atom. The number of nitrogens with one attached hydrogen (secondary N) is 5. The number of carbonyl (C=O) groups excluding carboxylic acids is 1. The average Bonchev–Trinajstić information content (AvgIpc) is 3.81. The van der Waals surface area contributed by atoms with Crippen molar-refractivity contribution < 1.29 is 23.0 Å². The van der Waals surface area contributed by atoms with E-state index in [1.807, 2.05) is 29.2 Å². The topological polar surface area (TPSA) is 150 Å². The number of ether oxygens (including phenoxy) is 2. The number of rotatable bonds is 11. The minimum Gasteiger partial charge on any atom is -0.495 e. The predicted molar refractivity (Wildman–Crippen MR) is 259 cm³/mol. The summed E-state index contributed by atoms with van der Waals surface area (Å²) in [5, 5.41) is 18.4. The first-order valence-electron chi connectivity index (χ1n) is 21.6. The molecular formula is C47H46Cl4F2N10O3. The highest BCUT2D eigenvalue weighted by molar-refractivity contribution is 6.42. The molecule has 0 aliphatic carbocycles. The Kier molecular flexibility index (Phi) is 13.4. The highest BCUT2D eigenvalue weighted by Crippen LogP contribution is 2.41. The molecule has 344 valence electrons. The number of piperidine rings is 2. The lowest BCUT2D eigenvalue weighted by molar-refractivity contribution is -0.130. The number of nitrogens with zero attached hydrogens (tertiary/aromatic N) is 5. The van der Waals surface area contributed by atoms with Crippen molar-refractivity contribution in [1.82, 2.24) is 30.2 Å². The Morgan fingerprint density at radius 1 is 0.682 bits per heavy atom. The summed E-state index contributed by atoms with van der Waals surface area (Å²) in [6.45, 7) is 3.65. The summed E-state index contributed by atoms with van der Waals surface area (Å²) < 4.78 is 40.5. The quantitative estimate of drug-likeness (QED) is 0.0621. The highest BCUT2D eigenvalue weighted by Gasteiger charge is 2.42. The first kappa shape index (κ1) is 45.7. The fourth-order valence-corrected chi connectivity index (χ4v) is 10.4. The van der Waals surface area contributed by atoms with E-state index in [4.69, 9.17) is 55.9 Å². The van der Waals surface area contributed by atoms with Crippen molar-refractivity contribution in [2.24, 2.45) is 0 Å². The third-order valence-corrected chi connectivity index (χ3v) is 14.4. The van der Waals surface area contributed by atoms with E-state index in [2.05, 4.69) is 53.1 Å². The van der Waals surface area contributed by atoms with Gasteiger partial charge in [-0.1, -0.05) is 53.0 Å². The first-order chi connectivity index (χ1) is 31.9. The summed E-state index contributed by atoms with van der Waals surface area (Å²) in [6.07, 6.45) is 12.5. The van der Waals surface area contributed by atoms with Crippen LogP contribution >= 0.6 is 46.4 Å². The van der Waals surface area contributed by atoms with Gasteiger partial charge in [-0.05, 0) is 93.8 Å². The van der Waals surface area contributed by atoms with E-state index in [0.717, 1.165) is 55.3 Å². The van der Waals surface area contributed by atoms with Crippen LogP contribution in [0.4, 0.5) is 43.2 Å². The van der Waals surface area contributed by atoms with Gasteiger partial charge < -0.3 is 41.0 Å². The molecule has 3 unspecified atom stereocenters. The van der Waals surface area contributed by atoms with Crippen molar-refractivity contribution in [2.45, 2.75) is 87.6 Å². The number of hydrogen-bond acceptors (Lipinski definition) is 12. The van der Waals surface area contributed by atoms with E-state index >= 15 is 0 Å². The van der Waals surface area contributed by atoms with Crippen LogP contribution in [0.3, 0.4) is 0 Å². The van der Waals surface area contributed by atoms with Gasteiger partial charge >= 0.3 is 0 Å². The Morgan fingerprint density at radius 3 is 1.58 bits per heavy atom. The minimum atomic E-state index is -0.658. The van der Waals surface area contributed by atoms with Crippen LogP contribution < -0.4 is 36.1 Å². The number of methoxy groups -OCH3 is 2. The number of fused-ring (bicyclic) bond motifs is 6. The Labute approximate surface area is 400 Å². The third kappa shape index (κ3) is 9.28. The first-order valence-corrected chi connectivity index (χ1v) is 23.1. The lowest BCUT2D eigenvalue weighted by Gasteiger charge is -2.39. The molecule has 0 spiro atoms. The van der Waals surface area contributed by atoms with Gasteiger partial charge in [-0.15, -0.1) is 0 Å². The predicted octanol–water partition coefficient (Wildman–Crippen LogP) is 11.5. The fraction of sp³-hybridized carbons (Fsp3) is 0.340. The largest absolute Gasteiger partial charge is 0.495 e. The van der Waals surface area contributed by atoms with Crippen LogP contribution in [0.15, 0.2) is 73.8 Å². The third-order valence-electron chi connectivity index (χ3n) is 12.8. The summed E-state index contributed by atoms with van der Waals surface area (Å²) in [5.41, 5.74) is 3.31. The molecule has 5 atom stereocenters. The molecule has 6 heterocycles.